The van der Waals surface area contributed by atoms with Gasteiger partial charge in [0, 0.05) is 55.6 Å². The number of carbonyl (C=O) groups is 2. The second kappa shape index (κ2) is 10.9. The first-order valence-corrected chi connectivity index (χ1v) is 13.1. The van der Waals surface area contributed by atoms with Crippen LogP contribution in [0.2, 0.25) is 0 Å². The standard InChI is InChI=1S/C26H30N8O5/c1-2-38-26(36)39-34-8-6-17(7-9-34)28-25(35)22-16-33-15-21(18-4-3-5-20-19(18)14-27-31-20)29-23(24(33)30-22)32-10-12-37-13-11-32/h3-5,14-17H,2,6-13H2,1H3,(H,27,31)(H,28,35). The molecular weight excluding hydrogens is 504 g/mol. The van der Waals surface area contributed by atoms with E-state index in [1.54, 1.807) is 24.4 Å². The highest BCUT2D eigenvalue weighted by atomic mass is 16.8. The summed E-state index contributed by atoms with van der Waals surface area (Å²) in [5.41, 5.74) is 3.55. The fraction of sp³-hybridized carbons (Fsp3) is 0.423. The average molecular weight is 535 g/mol. The number of nitrogens with zero attached hydrogens (tertiary/aromatic N) is 6. The third-order valence-electron chi connectivity index (χ3n) is 6.98. The lowest BCUT2D eigenvalue weighted by atomic mass is 10.1. The Labute approximate surface area is 224 Å². The Balaban J connectivity index is 1.25. The molecule has 0 spiro atoms. The normalized spacial score (nSPS) is 17.0. The molecule has 2 N–H and O–H groups in total. The van der Waals surface area contributed by atoms with Crippen LogP contribution in [0.15, 0.2) is 36.8 Å². The van der Waals surface area contributed by atoms with Crippen molar-refractivity contribution in [3.63, 3.8) is 0 Å². The molecule has 0 bridgehead atoms. The van der Waals surface area contributed by atoms with Crippen LogP contribution in [0, 0.1) is 0 Å². The zero-order valence-electron chi connectivity index (χ0n) is 21.6. The molecule has 13 nitrogen and oxygen atoms in total. The molecule has 13 heteroatoms. The number of benzene rings is 1. The van der Waals surface area contributed by atoms with Gasteiger partial charge in [0.25, 0.3) is 5.91 Å². The minimum absolute atomic E-state index is 0.0598. The van der Waals surface area contributed by atoms with Crippen LogP contribution in [0.5, 0.6) is 0 Å². The Bertz CT molecular complexity index is 1490. The molecule has 3 aromatic heterocycles. The fourth-order valence-electron chi connectivity index (χ4n) is 5.00. The first kappa shape index (κ1) is 25.1. The van der Waals surface area contributed by atoms with Gasteiger partial charge in [-0.1, -0.05) is 12.1 Å². The van der Waals surface area contributed by atoms with E-state index in [1.807, 2.05) is 28.8 Å². The Morgan fingerprint density at radius 3 is 2.74 bits per heavy atom. The van der Waals surface area contributed by atoms with E-state index in [0.717, 1.165) is 22.2 Å². The maximum atomic E-state index is 13.2. The molecule has 2 fully saturated rings. The summed E-state index contributed by atoms with van der Waals surface area (Å²) in [6.45, 7) is 5.55. The topological polar surface area (TPSA) is 139 Å². The van der Waals surface area contributed by atoms with Crippen molar-refractivity contribution in [2.24, 2.45) is 0 Å². The SMILES string of the molecule is CCOC(=O)ON1CCC(NC(=O)c2cn3cc(-c4cccc5[nH]ncc45)nc(N4CCOCC4)c3n2)CC1. The van der Waals surface area contributed by atoms with Gasteiger partial charge in [-0.15, -0.1) is 5.06 Å². The number of anilines is 1. The summed E-state index contributed by atoms with van der Waals surface area (Å²) in [5.74, 6) is 0.453. The minimum Gasteiger partial charge on any atom is -0.433 e. The van der Waals surface area contributed by atoms with E-state index in [1.165, 1.54) is 0 Å². The van der Waals surface area contributed by atoms with Gasteiger partial charge in [-0.25, -0.2) is 14.8 Å². The Hall–Kier alpha value is -4.23. The van der Waals surface area contributed by atoms with Crippen molar-refractivity contribution in [2.75, 3.05) is 50.9 Å². The van der Waals surface area contributed by atoms with Crippen molar-refractivity contribution in [3.05, 3.63) is 42.5 Å². The summed E-state index contributed by atoms with van der Waals surface area (Å²) in [6, 6.07) is 5.89. The second-order valence-corrected chi connectivity index (χ2v) is 9.49. The van der Waals surface area contributed by atoms with Crippen LogP contribution >= 0.6 is 0 Å². The van der Waals surface area contributed by atoms with Crippen LogP contribution in [0.4, 0.5) is 10.6 Å². The number of nitrogens with one attached hydrogen (secondary N) is 2. The van der Waals surface area contributed by atoms with Crippen LogP contribution in [0.25, 0.3) is 27.8 Å². The van der Waals surface area contributed by atoms with Crippen LogP contribution in [-0.4, -0.2) is 93.7 Å². The molecular formula is C26H30N8O5. The maximum absolute atomic E-state index is 13.2. The highest BCUT2D eigenvalue weighted by Gasteiger charge is 2.26. The number of rotatable bonds is 6. The molecule has 1 aromatic carbocycles. The van der Waals surface area contributed by atoms with Gasteiger partial charge in [-0.2, -0.15) is 5.10 Å². The Morgan fingerprint density at radius 2 is 1.95 bits per heavy atom. The van der Waals surface area contributed by atoms with Gasteiger partial charge in [0.2, 0.25) is 0 Å². The lowest BCUT2D eigenvalue weighted by Crippen LogP contribution is -2.45. The quantitative estimate of drug-likeness (QED) is 0.355. The summed E-state index contributed by atoms with van der Waals surface area (Å²) in [4.78, 5) is 41.8. The van der Waals surface area contributed by atoms with Gasteiger partial charge in [0.05, 0.1) is 37.2 Å². The van der Waals surface area contributed by atoms with Crippen molar-refractivity contribution >= 4 is 34.4 Å². The number of imidazole rings is 1. The van der Waals surface area contributed by atoms with Crippen molar-refractivity contribution < 1.29 is 23.9 Å². The number of amides is 1. The number of hydroxylamine groups is 2. The van der Waals surface area contributed by atoms with Gasteiger partial charge in [0.1, 0.15) is 5.69 Å². The molecule has 1 amide bonds. The molecule has 4 aromatic rings. The maximum Gasteiger partial charge on any atom is 0.527 e. The molecule has 0 saturated carbocycles. The third-order valence-corrected chi connectivity index (χ3v) is 6.98. The molecule has 2 aliphatic heterocycles. The van der Waals surface area contributed by atoms with Crippen LogP contribution < -0.4 is 10.2 Å². The van der Waals surface area contributed by atoms with E-state index in [9.17, 15) is 9.59 Å². The van der Waals surface area contributed by atoms with E-state index < -0.39 is 6.16 Å². The number of hydrogen-bond donors (Lipinski definition) is 2. The van der Waals surface area contributed by atoms with Crippen molar-refractivity contribution in [1.29, 1.82) is 0 Å². The average Bonchev–Trinajstić information content (AvgIpc) is 3.61. The van der Waals surface area contributed by atoms with E-state index in [0.29, 0.717) is 69.4 Å². The Kier molecular flexibility index (Phi) is 6.99. The molecule has 5 heterocycles. The van der Waals surface area contributed by atoms with Crippen molar-refractivity contribution in [2.45, 2.75) is 25.8 Å². The zero-order chi connectivity index (χ0) is 26.8. The third kappa shape index (κ3) is 5.22. The number of H-pyrrole nitrogens is 1. The highest BCUT2D eigenvalue weighted by molar-refractivity contribution is 5.95. The van der Waals surface area contributed by atoms with Gasteiger partial charge >= 0.3 is 6.16 Å². The van der Waals surface area contributed by atoms with E-state index in [-0.39, 0.29) is 18.6 Å². The van der Waals surface area contributed by atoms with Gasteiger partial charge in [0.15, 0.2) is 11.5 Å². The lowest BCUT2D eigenvalue weighted by molar-refractivity contribution is -0.139. The zero-order valence-corrected chi connectivity index (χ0v) is 21.6. The monoisotopic (exact) mass is 534 g/mol. The number of carbonyl (C=O) groups excluding carboxylic acids is 2. The van der Waals surface area contributed by atoms with Crippen molar-refractivity contribution in [1.82, 2.24) is 34.9 Å². The predicted molar refractivity (Wildman–Crippen MR) is 141 cm³/mol. The molecule has 39 heavy (non-hydrogen) atoms. The first-order valence-electron chi connectivity index (χ1n) is 13.1. The molecule has 204 valence electrons. The fourth-order valence-corrected chi connectivity index (χ4v) is 5.00. The minimum atomic E-state index is -0.710. The Morgan fingerprint density at radius 1 is 1.13 bits per heavy atom. The second-order valence-electron chi connectivity index (χ2n) is 9.49. The van der Waals surface area contributed by atoms with Crippen LogP contribution in [0.3, 0.4) is 0 Å². The predicted octanol–water partition coefficient (Wildman–Crippen LogP) is 2.39. The lowest BCUT2D eigenvalue weighted by Gasteiger charge is -2.30. The highest BCUT2D eigenvalue weighted by Crippen LogP contribution is 2.30. The van der Waals surface area contributed by atoms with Gasteiger partial charge < -0.3 is 28.9 Å². The number of morpholine rings is 1. The summed E-state index contributed by atoms with van der Waals surface area (Å²) < 4.78 is 12.3. The molecule has 0 atom stereocenters. The molecule has 6 rings (SSSR count). The number of aromatic amines is 1. The molecule has 0 radical (unpaired) electrons. The summed E-state index contributed by atoms with van der Waals surface area (Å²) in [6.07, 6.45) is 6.00. The summed E-state index contributed by atoms with van der Waals surface area (Å²) >= 11 is 0. The van der Waals surface area contributed by atoms with Crippen LogP contribution in [0.1, 0.15) is 30.3 Å². The van der Waals surface area contributed by atoms with E-state index in [2.05, 4.69) is 20.4 Å². The van der Waals surface area contributed by atoms with E-state index in [4.69, 9.17) is 24.3 Å². The molecule has 2 aliphatic rings. The summed E-state index contributed by atoms with van der Waals surface area (Å²) in [7, 11) is 0. The smallest absolute Gasteiger partial charge is 0.433 e. The van der Waals surface area contributed by atoms with E-state index >= 15 is 0 Å². The number of aromatic nitrogens is 5. The molecule has 2 saturated heterocycles. The number of ether oxygens (including phenoxy) is 2. The largest absolute Gasteiger partial charge is 0.527 e. The molecule has 0 aliphatic carbocycles. The number of fused-ring (bicyclic) bond motifs is 2. The molecule has 0 unspecified atom stereocenters. The van der Waals surface area contributed by atoms with Gasteiger partial charge in [-0.05, 0) is 25.8 Å². The summed E-state index contributed by atoms with van der Waals surface area (Å²) in [5, 5.41) is 12.8. The number of piperidine rings is 1. The van der Waals surface area contributed by atoms with Crippen LogP contribution in [-0.2, 0) is 14.3 Å². The number of hydrogen-bond acceptors (Lipinski definition) is 10. The van der Waals surface area contributed by atoms with Crippen molar-refractivity contribution in [3.8, 4) is 11.3 Å². The van der Waals surface area contributed by atoms with Gasteiger partial charge in [-0.3, -0.25) is 9.89 Å². The first-order chi connectivity index (χ1) is 19.1.